The number of carbonyl (C=O) groups excluding carboxylic acids is 1. The molecule has 0 unspecified atom stereocenters. The minimum Gasteiger partial charge on any atom is -0.342 e. The lowest BCUT2D eigenvalue weighted by Crippen LogP contribution is -2.50. The van der Waals surface area contributed by atoms with Crippen molar-refractivity contribution in [2.24, 2.45) is 7.05 Å². The molecule has 7 heteroatoms. The van der Waals surface area contributed by atoms with Gasteiger partial charge in [-0.05, 0) is 43.6 Å². The van der Waals surface area contributed by atoms with Gasteiger partial charge in [0.1, 0.15) is 0 Å². The predicted octanol–water partition coefficient (Wildman–Crippen LogP) is 2.30. The number of hydrogen-bond donors (Lipinski definition) is 0. The van der Waals surface area contributed by atoms with Gasteiger partial charge in [-0.3, -0.25) is 14.6 Å². The molecule has 6 nitrogen and oxygen atoms in total. The van der Waals surface area contributed by atoms with Gasteiger partial charge in [0.05, 0.1) is 24.2 Å². The van der Waals surface area contributed by atoms with Crippen LogP contribution in [0.2, 0.25) is 0 Å². The highest BCUT2D eigenvalue weighted by atomic mass is 32.1. The molecular formula is C20H29N5OS. The molecule has 0 saturated carbocycles. The van der Waals surface area contributed by atoms with Gasteiger partial charge in [0.25, 0.3) is 0 Å². The molecule has 2 aromatic rings. The maximum atomic E-state index is 12.5. The molecule has 0 N–H and O–H groups in total. The zero-order valence-corrected chi connectivity index (χ0v) is 17.0. The molecule has 1 amide bonds. The maximum Gasteiger partial charge on any atom is 0.236 e. The highest BCUT2D eigenvalue weighted by molar-refractivity contribution is 7.71. The number of benzene rings is 1. The molecule has 2 saturated heterocycles. The molecule has 27 heavy (non-hydrogen) atoms. The molecule has 4 rings (SSSR count). The fourth-order valence-electron chi connectivity index (χ4n) is 4.22. The number of aryl methyl sites for hydroxylation is 1. The number of nitrogens with zero attached hydrogens (tertiary/aromatic N) is 5. The number of hydrogen-bond acceptors (Lipinski definition) is 4. The first kappa shape index (κ1) is 18.7. The summed E-state index contributed by atoms with van der Waals surface area (Å²) in [6.45, 7) is 7.10. The Bertz CT molecular complexity index is 859. The van der Waals surface area contributed by atoms with Crippen LogP contribution in [0, 0.1) is 4.77 Å². The maximum absolute atomic E-state index is 12.5. The summed E-state index contributed by atoms with van der Waals surface area (Å²) in [5.74, 6) is 0.305. The van der Waals surface area contributed by atoms with Gasteiger partial charge in [-0.15, -0.1) is 0 Å². The highest BCUT2D eigenvalue weighted by Gasteiger charge is 2.23. The van der Waals surface area contributed by atoms with Crippen LogP contribution >= 0.6 is 12.2 Å². The number of carbonyl (C=O) groups is 1. The summed E-state index contributed by atoms with van der Waals surface area (Å²) in [5.41, 5.74) is 2.36. The van der Waals surface area contributed by atoms with Gasteiger partial charge in [-0.1, -0.05) is 12.1 Å². The molecule has 3 heterocycles. The number of likely N-dealkylation sites (tertiary alicyclic amines) is 1. The first-order valence-electron chi connectivity index (χ1n) is 10.0. The first-order chi connectivity index (χ1) is 13.1. The van der Waals surface area contributed by atoms with E-state index >= 15 is 0 Å². The van der Waals surface area contributed by atoms with Crippen molar-refractivity contribution in [1.29, 1.82) is 0 Å². The van der Waals surface area contributed by atoms with Crippen LogP contribution in [0.25, 0.3) is 11.0 Å². The van der Waals surface area contributed by atoms with E-state index in [2.05, 4.69) is 43.2 Å². The molecule has 2 fully saturated rings. The topological polar surface area (TPSA) is 36.6 Å². The Morgan fingerprint density at radius 1 is 0.926 bits per heavy atom. The predicted molar refractivity (Wildman–Crippen MR) is 110 cm³/mol. The number of rotatable bonds is 4. The van der Waals surface area contributed by atoms with E-state index in [1.807, 2.05) is 11.9 Å². The minimum absolute atomic E-state index is 0.305. The normalized spacial score (nSPS) is 19.7. The second kappa shape index (κ2) is 8.12. The van der Waals surface area contributed by atoms with Gasteiger partial charge in [0.2, 0.25) is 5.91 Å². The van der Waals surface area contributed by atoms with Crippen LogP contribution in [0.3, 0.4) is 0 Å². The largest absolute Gasteiger partial charge is 0.342 e. The van der Waals surface area contributed by atoms with Crippen LogP contribution in [0.15, 0.2) is 24.3 Å². The molecule has 2 aliphatic heterocycles. The zero-order valence-electron chi connectivity index (χ0n) is 16.1. The Morgan fingerprint density at radius 2 is 1.56 bits per heavy atom. The van der Waals surface area contributed by atoms with Crippen molar-refractivity contribution >= 4 is 29.2 Å². The van der Waals surface area contributed by atoms with Gasteiger partial charge in [0.15, 0.2) is 4.77 Å². The summed E-state index contributed by atoms with van der Waals surface area (Å²) in [6, 6.07) is 8.38. The summed E-state index contributed by atoms with van der Waals surface area (Å²) < 4.78 is 5.16. The number of para-hydroxylation sites is 2. The molecule has 0 atom stereocenters. The van der Waals surface area contributed by atoms with Crippen LogP contribution in [0.1, 0.15) is 19.3 Å². The zero-order chi connectivity index (χ0) is 18.8. The van der Waals surface area contributed by atoms with E-state index in [9.17, 15) is 4.79 Å². The van der Waals surface area contributed by atoms with Crippen molar-refractivity contribution in [1.82, 2.24) is 23.8 Å². The van der Waals surface area contributed by atoms with Crippen molar-refractivity contribution in [3.05, 3.63) is 29.0 Å². The van der Waals surface area contributed by atoms with Crippen LogP contribution < -0.4 is 0 Å². The smallest absolute Gasteiger partial charge is 0.236 e. The summed E-state index contributed by atoms with van der Waals surface area (Å²) in [5, 5.41) is 0. The second-order valence-corrected chi connectivity index (χ2v) is 8.10. The summed E-state index contributed by atoms with van der Waals surface area (Å²) in [6.07, 6.45) is 3.58. The lowest BCUT2D eigenvalue weighted by Gasteiger charge is -2.36. The van der Waals surface area contributed by atoms with Crippen LogP contribution in [-0.4, -0.2) is 75.6 Å². The van der Waals surface area contributed by atoms with Gasteiger partial charge in [0, 0.05) is 46.3 Å². The molecule has 0 radical (unpaired) electrons. The number of piperidine rings is 1. The van der Waals surface area contributed by atoms with Crippen molar-refractivity contribution in [3.8, 4) is 0 Å². The van der Waals surface area contributed by atoms with E-state index in [0.29, 0.717) is 12.5 Å². The van der Waals surface area contributed by atoms with E-state index in [1.165, 1.54) is 17.5 Å². The first-order valence-corrected chi connectivity index (χ1v) is 10.4. The van der Waals surface area contributed by atoms with E-state index in [-0.39, 0.29) is 0 Å². The van der Waals surface area contributed by atoms with E-state index in [0.717, 1.165) is 63.5 Å². The lowest BCUT2D eigenvalue weighted by molar-refractivity contribution is -0.133. The van der Waals surface area contributed by atoms with Crippen LogP contribution in [-0.2, 0) is 18.5 Å². The monoisotopic (exact) mass is 387 g/mol. The quantitative estimate of drug-likeness (QED) is 0.755. The summed E-state index contributed by atoms with van der Waals surface area (Å²) in [7, 11) is 2.03. The Labute approximate surface area is 165 Å². The SMILES string of the molecule is Cn1c(=S)n(CN2CCN(CC(=O)N3CCCCC3)CC2)c2ccccc21. The Balaban J connectivity index is 1.34. The minimum atomic E-state index is 0.305. The standard InChI is InChI=1S/C20H29N5OS/c1-21-17-7-3-4-8-18(17)25(20(21)27)16-23-13-11-22(12-14-23)15-19(26)24-9-5-2-6-10-24/h3-4,7-8H,2,5-6,9-16H2,1H3. The van der Waals surface area contributed by atoms with Crippen molar-refractivity contribution in [3.63, 3.8) is 0 Å². The molecule has 0 bridgehead atoms. The molecule has 2 aliphatic rings. The van der Waals surface area contributed by atoms with E-state index < -0.39 is 0 Å². The third-order valence-corrected chi connectivity index (χ3v) is 6.42. The fourth-order valence-corrected chi connectivity index (χ4v) is 4.48. The fraction of sp³-hybridized carbons (Fsp3) is 0.600. The Morgan fingerprint density at radius 3 is 2.26 bits per heavy atom. The van der Waals surface area contributed by atoms with Gasteiger partial charge in [-0.2, -0.15) is 0 Å². The van der Waals surface area contributed by atoms with Crippen LogP contribution in [0.5, 0.6) is 0 Å². The number of amides is 1. The third-order valence-electron chi connectivity index (χ3n) is 5.93. The highest BCUT2D eigenvalue weighted by Crippen LogP contribution is 2.18. The number of imidazole rings is 1. The Hall–Kier alpha value is -1.70. The third kappa shape index (κ3) is 3.95. The van der Waals surface area contributed by atoms with E-state index in [4.69, 9.17) is 12.2 Å². The molecule has 1 aromatic heterocycles. The van der Waals surface area contributed by atoms with Gasteiger partial charge in [-0.25, -0.2) is 0 Å². The Kier molecular flexibility index (Phi) is 5.61. The number of fused-ring (bicyclic) bond motifs is 1. The van der Waals surface area contributed by atoms with Crippen molar-refractivity contribution in [2.75, 3.05) is 45.8 Å². The van der Waals surface area contributed by atoms with Crippen molar-refractivity contribution < 1.29 is 4.79 Å². The lowest BCUT2D eigenvalue weighted by atomic mass is 10.1. The summed E-state index contributed by atoms with van der Waals surface area (Å²) in [4.78, 5) is 19.3. The molecular weight excluding hydrogens is 358 g/mol. The van der Waals surface area contributed by atoms with E-state index in [1.54, 1.807) is 0 Å². The summed E-state index contributed by atoms with van der Waals surface area (Å²) >= 11 is 5.65. The molecule has 0 spiro atoms. The van der Waals surface area contributed by atoms with Gasteiger partial charge < -0.3 is 14.0 Å². The number of aromatic nitrogens is 2. The number of piperazine rings is 1. The van der Waals surface area contributed by atoms with Crippen molar-refractivity contribution in [2.45, 2.75) is 25.9 Å². The van der Waals surface area contributed by atoms with Gasteiger partial charge >= 0.3 is 0 Å². The molecule has 0 aliphatic carbocycles. The van der Waals surface area contributed by atoms with Crippen LogP contribution in [0.4, 0.5) is 0 Å². The second-order valence-electron chi connectivity index (χ2n) is 7.74. The molecule has 146 valence electrons. The average Bonchev–Trinajstić information content (AvgIpc) is 2.95. The molecule has 1 aromatic carbocycles. The average molecular weight is 388 g/mol.